The minimum Gasteiger partial charge on any atom is -0.493 e. The molecule has 1 aliphatic carbocycles. The third-order valence-electron chi connectivity index (χ3n) is 6.36. The predicted octanol–water partition coefficient (Wildman–Crippen LogP) is 3.34. The molecule has 2 aromatic carbocycles. The van der Waals surface area contributed by atoms with Gasteiger partial charge in [-0.1, -0.05) is 6.07 Å². The molecule has 0 heterocycles. The van der Waals surface area contributed by atoms with E-state index >= 15 is 0 Å². The summed E-state index contributed by atoms with van der Waals surface area (Å²) in [6, 6.07) is 6.10. The number of ether oxygens (including phenoxy) is 7. The van der Waals surface area contributed by atoms with Gasteiger partial charge in [0.1, 0.15) is 0 Å². The van der Waals surface area contributed by atoms with E-state index in [4.69, 9.17) is 33.2 Å². The van der Waals surface area contributed by atoms with E-state index in [-0.39, 0.29) is 24.2 Å². The van der Waals surface area contributed by atoms with Gasteiger partial charge >= 0.3 is 12.1 Å². The SMILES string of the molecule is COCCC(=O)OCOC(=O)N(C)[C@H]1CCc2cc(OC)c(OC)c(OC)c2-c2ccc(OC)c(=O)cc21. The van der Waals surface area contributed by atoms with Crippen molar-refractivity contribution in [3.8, 4) is 34.1 Å². The van der Waals surface area contributed by atoms with Gasteiger partial charge in [-0.25, -0.2) is 4.79 Å². The Hall–Kier alpha value is -3.99. The molecule has 11 nitrogen and oxygen atoms in total. The predicted molar refractivity (Wildman–Crippen MR) is 137 cm³/mol. The fraction of sp³-hybridized carbons (Fsp3) is 0.444. The number of aryl methyl sites for hydroxylation is 1. The van der Waals surface area contributed by atoms with Crippen molar-refractivity contribution in [1.29, 1.82) is 0 Å². The quantitative estimate of drug-likeness (QED) is 0.334. The van der Waals surface area contributed by atoms with Gasteiger partial charge in [0.05, 0.1) is 47.5 Å². The molecule has 206 valence electrons. The van der Waals surface area contributed by atoms with Crippen molar-refractivity contribution in [1.82, 2.24) is 4.90 Å². The highest BCUT2D eigenvalue weighted by molar-refractivity contribution is 5.83. The lowest BCUT2D eigenvalue weighted by Crippen LogP contribution is -2.33. The second-order valence-electron chi connectivity index (χ2n) is 8.41. The van der Waals surface area contributed by atoms with Crippen LogP contribution in [0.25, 0.3) is 11.1 Å². The van der Waals surface area contributed by atoms with Crippen molar-refractivity contribution >= 4 is 12.1 Å². The summed E-state index contributed by atoms with van der Waals surface area (Å²) in [4.78, 5) is 39.0. The molecule has 0 saturated carbocycles. The van der Waals surface area contributed by atoms with E-state index in [1.165, 1.54) is 46.5 Å². The summed E-state index contributed by atoms with van der Waals surface area (Å²) in [5, 5.41) is 0. The maximum absolute atomic E-state index is 13.0. The van der Waals surface area contributed by atoms with Crippen LogP contribution in [0.2, 0.25) is 0 Å². The fourth-order valence-electron chi connectivity index (χ4n) is 4.48. The van der Waals surface area contributed by atoms with Crippen molar-refractivity contribution in [2.24, 2.45) is 0 Å². The number of hydrogen-bond acceptors (Lipinski definition) is 10. The van der Waals surface area contributed by atoms with E-state index in [0.29, 0.717) is 46.8 Å². The van der Waals surface area contributed by atoms with Crippen LogP contribution in [0.1, 0.15) is 30.0 Å². The third-order valence-corrected chi connectivity index (χ3v) is 6.36. The van der Waals surface area contributed by atoms with Gasteiger partial charge in [-0.3, -0.25) is 9.59 Å². The average molecular weight is 532 g/mol. The zero-order valence-electron chi connectivity index (χ0n) is 22.5. The molecule has 2 aromatic rings. The van der Waals surface area contributed by atoms with Crippen molar-refractivity contribution in [2.45, 2.75) is 25.3 Å². The van der Waals surface area contributed by atoms with E-state index in [1.54, 1.807) is 19.2 Å². The topological polar surface area (TPSA) is 119 Å². The molecule has 0 aliphatic heterocycles. The number of benzene rings is 1. The highest BCUT2D eigenvalue weighted by atomic mass is 16.7. The summed E-state index contributed by atoms with van der Waals surface area (Å²) in [6.07, 6.45) is 0.282. The highest BCUT2D eigenvalue weighted by Crippen LogP contribution is 2.50. The normalized spacial score (nSPS) is 13.8. The first kappa shape index (κ1) is 28.6. The van der Waals surface area contributed by atoms with Crippen molar-refractivity contribution in [3.05, 3.63) is 45.6 Å². The second-order valence-corrected chi connectivity index (χ2v) is 8.41. The molecule has 0 fully saturated rings. The van der Waals surface area contributed by atoms with Crippen LogP contribution in [0.4, 0.5) is 4.79 Å². The minimum atomic E-state index is -0.723. The smallest absolute Gasteiger partial charge is 0.412 e. The number of fused-ring (bicyclic) bond motifs is 3. The van der Waals surface area contributed by atoms with Crippen molar-refractivity contribution in [2.75, 3.05) is 56.0 Å². The van der Waals surface area contributed by atoms with Crippen LogP contribution in [0.5, 0.6) is 23.0 Å². The molecule has 11 heteroatoms. The van der Waals surface area contributed by atoms with Gasteiger partial charge in [-0.15, -0.1) is 0 Å². The monoisotopic (exact) mass is 531 g/mol. The van der Waals surface area contributed by atoms with Gasteiger partial charge < -0.3 is 38.1 Å². The van der Waals surface area contributed by atoms with Gasteiger partial charge in [0, 0.05) is 19.7 Å². The third kappa shape index (κ3) is 5.94. The van der Waals surface area contributed by atoms with Gasteiger partial charge in [-0.05, 0) is 47.7 Å². The standard InChI is InChI=1S/C27H33NO10/c1-28(27(31)38-15-37-23(30)11-12-32-2)19-9-7-16-13-22(34-4)25(35-5)26(36-6)24(16)17-8-10-21(33-3)20(29)14-18(17)19/h8,10,13-14,19H,7,9,11-12,15H2,1-6H3/t19-/m0/s1. The van der Waals surface area contributed by atoms with E-state index in [2.05, 4.69) is 0 Å². The lowest BCUT2D eigenvalue weighted by molar-refractivity contribution is -0.153. The fourth-order valence-corrected chi connectivity index (χ4v) is 4.48. The molecule has 0 bridgehead atoms. The largest absolute Gasteiger partial charge is 0.493 e. The van der Waals surface area contributed by atoms with Crippen LogP contribution in [0.15, 0.2) is 29.1 Å². The first-order valence-electron chi connectivity index (χ1n) is 11.9. The Bertz CT molecular complexity index is 1230. The van der Waals surface area contributed by atoms with Crippen LogP contribution < -0.4 is 24.4 Å². The summed E-state index contributed by atoms with van der Waals surface area (Å²) in [5.74, 6) is 0.929. The second kappa shape index (κ2) is 13.0. The molecule has 1 aliphatic rings. The Labute approximate surface area is 221 Å². The van der Waals surface area contributed by atoms with Crippen LogP contribution in [-0.2, 0) is 25.4 Å². The van der Waals surface area contributed by atoms with Gasteiger partial charge in [0.15, 0.2) is 17.2 Å². The summed E-state index contributed by atoms with van der Waals surface area (Å²) in [7, 11) is 9.03. The Morgan fingerprint density at radius 1 is 0.921 bits per heavy atom. The maximum atomic E-state index is 13.0. The Morgan fingerprint density at radius 2 is 1.63 bits per heavy atom. The van der Waals surface area contributed by atoms with E-state index in [0.717, 1.165) is 5.56 Å². The van der Waals surface area contributed by atoms with Crippen molar-refractivity contribution in [3.63, 3.8) is 0 Å². The summed E-state index contributed by atoms with van der Waals surface area (Å²) in [6.45, 7) is -0.347. The summed E-state index contributed by atoms with van der Waals surface area (Å²) >= 11 is 0. The van der Waals surface area contributed by atoms with Crippen LogP contribution in [0, 0.1) is 0 Å². The van der Waals surface area contributed by atoms with E-state index in [9.17, 15) is 14.4 Å². The number of carbonyl (C=O) groups excluding carboxylic acids is 2. The molecular formula is C27H33NO10. The van der Waals surface area contributed by atoms with Crippen molar-refractivity contribution < 1.29 is 42.7 Å². The number of carbonyl (C=O) groups is 2. The average Bonchev–Trinajstić information content (AvgIpc) is 3.17. The first-order valence-corrected chi connectivity index (χ1v) is 11.9. The lowest BCUT2D eigenvalue weighted by Gasteiger charge is -2.27. The molecule has 0 N–H and O–H groups in total. The molecule has 0 radical (unpaired) electrons. The van der Waals surface area contributed by atoms with Crippen LogP contribution in [-0.4, -0.2) is 73.0 Å². The number of amides is 1. The molecular weight excluding hydrogens is 498 g/mol. The Kier molecular flexibility index (Phi) is 9.78. The lowest BCUT2D eigenvalue weighted by atomic mass is 9.95. The number of hydrogen-bond donors (Lipinski definition) is 0. The van der Waals surface area contributed by atoms with Gasteiger partial charge in [0.2, 0.25) is 18.0 Å². The number of esters is 1. The van der Waals surface area contributed by atoms with Gasteiger partial charge in [-0.2, -0.15) is 0 Å². The number of methoxy groups -OCH3 is 5. The van der Waals surface area contributed by atoms with Crippen LogP contribution in [0.3, 0.4) is 0 Å². The summed E-state index contributed by atoms with van der Waals surface area (Å²) < 4.78 is 37.2. The van der Waals surface area contributed by atoms with Crippen LogP contribution >= 0.6 is 0 Å². The molecule has 0 saturated heterocycles. The Morgan fingerprint density at radius 3 is 2.26 bits per heavy atom. The highest BCUT2D eigenvalue weighted by Gasteiger charge is 2.32. The molecule has 1 amide bonds. The maximum Gasteiger partial charge on any atom is 0.412 e. The Balaban J connectivity index is 2.07. The zero-order chi connectivity index (χ0) is 27.8. The zero-order valence-corrected chi connectivity index (χ0v) is 22.5. The molecule has 0 aromatic heterocycles. The molecule has 3 rings (SSSR count). The molecule has 0 spiro atoms. The molecule has 38 heavy (non-hydrogen) atoms. The minimum absolute atomic E-state index is 0.0392. The first-order chi connectivity index (χ1) is 18.3. The number of rotatable bonds is 10. The number of nitrogens with zero attached hydrogens (tertiary/aromatic N) is 1. The molecule has 1 atom stereocenters. The summed E-state index contributed by atoms with van der Waals surface area (Å²) in [5.41, 5.74) is 2.48. The van der Waals surface area contributed by atoms with E-state index in [1.807, 2.05) is 6.07 Å². The van der Waals surface area contributed by atoms with E-state index < -0.39 is 24.9 Å². The molecule has 0 unspecified atom stereocenters. The van der Waals surface area contributed by atoms with Gasteiger partial charge in [0.25, 0.3) is 0 Å².